The molecular weight excluding hydrogens is 230 g/mol. The van der Waals surface area contributed by atoms with Crippen LogP contribution in [0.1, 0.15) is 25.0 Å². The van der Waals surface area contributed by atoms with Gasteiger partial charge in [0.05, 0.1) is 0 Å². The fourth-order valence-electron chi connectivity index (χ4n) is 1.34. The Labute approximate surface area is 106 Å². The number of aryl methyl sites for hydroxylation is 1. The van der Waals surface area contributed by atoms with Crippen molar-refractivity contribution in [1.82, 2.24) is 5.32 Å². The van der Waals surface area contributed by atoms with E-state index in [1.165, 1.54) is 19.9 Å². The molecule has 2 N–H and O–H groups in total. The van der Waals surface area contributed by atoms with Gasteiger partial charge in [0.25, 0.3) is 0 Å². The number of carboxylic acid groups (broad SMARTS) is 1. The second-order valence-electron chi connectivity index (χ2n) is 4.61. The van der Waals surface area contributed by atoms with Gasteiger partial charge in [0.15, 0.2) is 0 Å². The van der Waals surface area contributed by atoms with E-state index in [-0.39, 0.29) is 0 Å². The zero-order valence-electron chi connectivity index (χ0n) is 10.7. The van der Waals surface area contributed by atoms with Crippen molar-refractivity contribution in [2.45, 2.75) is 26.3 Å². The van der Waals surface area contributed by atoms with Gasteiger partial charge < -0.3 is 10.4 Å². The van der Waals surface area contributed by atoms with Crippen molar-refractivity contribution in [3.63, 3.8) is 0 Å². The summed E-state index contributed by atoms with van der Waals surface area (Å²) in [6.45, 7) is 4.82. The third-order valence-electron chi connectivity index (χ3n) is 2.57. The van der Waals surface area contributed by atoms with Gasteiger partial charge in [-0.05, 0) is 38.0 Å². The Morgan fingerprint density at radius 1 is 1.28 bits per heavy atom. The normalized spacial score (nSPS) is 11.5. The van der Waals surface area contributed by atoms with E-state index in [0.717, 1.165) is 11.1 Å². The van der Waals surface area contributed by atoms with Crippen molar-refractivity contribution in [1.29, 1.82) is 0 Å². The number of nitrogens with one attached hydrogen (secondary N) is 1. The number of aliphatic carboxylic acids is 1. The Kier molecular flexibility index (Phi) is 4.26. The van der Waals surface area contributed by atoms with Crippen LogP contribution in [0.5, 0.6) is 0 Å². The van der Waals surface area contributed by atoms with E-state index in [0.29, 0.717) is 0 Å². The maximum absolute atomic E-state index is 11.6. The lowest BCUT2D eigenvalue weighted by molar-refractivity contribution is -0.145. The quantitative estimate of drug-likeness (QED) is 0.799. The molecule has 96 valence electrons. The lowest BCUT2D eigenvalue weighted by Gasteiger charge is -2.19. The topological polar surface area (TPSA) is 66.4 Å². The first kappa shape index (κ1) is 14.0. The SMILES string of the molecule is Cc1ccccc1/C=C/C(=O)NC(C)(C)C(=O)O. The molecule has 0 aliphatic heterocycles. The second kappa shape index (κ2) is 5.49. The van der Waals surface area contributed by atoms with Gasteiger partial charge in [0.1, 0.15) is 5.54 Å². The molecule has 0 aliphatic carbocycles. The van der Waals surface area contributed by atoms with Crippen LogP contribution in [0.2, 0.25) is 0 Å². The molecule has 0 saturated carbocycles. The van der Waals surface area contributed by atoms with Crippen LogP contribution in [0.25, 0.3) is 6.08 Å². The summed E-state index contributed by atoms with van der Waals surface area (Å²) in [6.07, 6.45) is 3.01. The average Bonchev–Trinajstić information content (AvgIpc) is 2.27. The molecule has 4 heteroatoms. The number of hydrogen-bond donors (Lipinski definition) is 2. The molecule has 0 aliphatic rings. The van der Waals surface area contributed by atoms with Crippen molar-refractivity contribution < 1.29 is 14.7 Å². The third-order valence-corrected chi connectivity index (χ3v) is 2.57. The summed E-state index contributed by atoms with van der Waals surface area (Å²) in [4.78, 5) is 22.4. The number of carbonyl (C=O) groups is 2. The molecule has 0 fully saturated rings. The number of benzene rings is 1. The maximum atomic E-state index is 11.6. The molecule has 1 rings (SSSR count). The molecule has 0 radical (unpaired) electrons. The van der Waals surface area contributed by atoms with Crippen molar-refractivity contribution in [3.8, 4) is 0 Å². The van der Waals surface area contributed by atoms with Gasteiger partial charge in [-0.15, -0.1) is 0 Å². The fraction of sp³-hybridized carbons (Fsp3) is 0.286. The minimum Gasteiger partial charge on any atom is -0.480 e. The third kappa shape index (κ3) is 3.73. The molecule has 0 bridgehead atoms. The van der Waals surface area contributed by atoms with Crippen molar-refractivity contribution in [2.24, 2.45) is 0 Å². The summed E-state index contributed by atoms with van der Waals surface area (Å²) in [6, 6.07) is 7.63. The maximum Gasteiger partial charge on any atom is 0.328 e. The first-order valence-electron chi connectivity index (χ1n) is 5.62. The molecular formula is C14H17NO3. The molecule has 0 heterocycles. The highest BCUT2D eigenvalue weighted by atomic mass is 16.4. The van der Waals surface area contributed by atoms with Crippen LogP contribution in [0, 0.1) is 6.92 Å². The Morgan fingerprint density at radius 3 is 2.44 bits per heavy atom. The van der Waals surface area contributed by atoms with Gasteiger partial charge in [-0.3, -0.25) is 4.79 Å². The van der Waals surface area contributed by atoms with Crippen LogP contribution in [0.3, 0.4) is 0 Å². The zero-order valence-corrected chi connectivity index (χ0v) is 10.7. The molecule has 4 nitrogen and oxygen atoms in total. The molecule has 1 amide bonds. The van der Waals surface area contributed by atoms with Crippen molar-refractivity contribution in [2.75, 3.05) is 0 Å². The minimum absolute atomic E-state index is 0.425. The molecule has 1 aromatic carbocycles. The van der Waals surface area contributed by atoms with Crippen LogP contribution in [0.15, 0.2) is 30.3 Å². The average molecular weight is 247 g/mol. The van der Waals surface area contributed by atoms with Crippen LogP contribution in [0.4, 0.5) is 0 Å². The molecule has 0 spiro atoms. The van der Waals surface area contributed by atoms with Gasteiger partial charge in [0, 0.05) is 6.08 Å². The summed E-state index contributed by atoms with van der Waals surface area (Å²) in [7, 11) is 0. The Balaban J connectivity index is 2.72. The smallest absolute Gasteiger partial charge is 0.328 e. The van der Waals surface area contributed by atoms with Gasteiger partial charge in [-0.2, -0.15) is 0 Å². The Hall–Kier alpha value is -2.10. The minimum atomic E-state index is -1.27. The first-order valence-corrected chi connectivity index (χ1v) is 5.62. The van der Waals surface area contributed by atoms with Crippen molar-refractivity contribution >= 4 is 18.0 Å². The largest absolute Gasteiger partial charge is 0.480 e. The number of carboxylic acids is 1. The van der Waals surface area contributed by atoms with E-state index in [1.807, 2.05) is 31.2 Å². The lowest BCUT2D eigenvalue weighted by atomic mass is 10.1. The summed E-state index contributed by atoms with van der Waals surface area (Å²) in [5, 5.41) is 11.3. The Bertz CT molecular complexity index is 490. The first-order chi connectivity index (χ1) is 8.33. The zero-order chi connectivity index (χ0) is 13.8. The molecule has 0 unspecified atom stereocenters. The van der Waals surface area contributed by atoms with E-state index in [4.69, 9.17) is 5.11 Å². The van der Waals surface area contributed by atoms with E-state index in [2.05, 4.69) is 5.32 Å². The standard InChI is InChI=1S/C14H17NO3/c1-10-6-4-5-7-11(10)8-9-12(16)15-14(2,3)13(17)18/h4-9H,1-3H3,(H,15,16)(H,17,18)/b9-8+. The van der Waals surface area contributed by atoms with Crippen molar-refractivity contribution in [3.05, 3.63) is 41.5 Å². The van der Waals surface area contributed by atoms with Crippen LogP contribution in [-0.2, 0) is 9.59 Å². The highest BCUT2D eigenvalue weighted by Gasteiger charge is 2.27. The van der Waals surface area contributed by atoms with Crippen LogP contribution >= 0.6 is 0 Å². The summed E-state index contributed by atoms with van der Waals surface area (Å²) < 4.78 is 0. The van der Waals surface area contributed by atoms with Crippen LogP contribution in [-0.4, -0.2) is 22.5 Å². The lowest BCUT2D eigenvalue weighted by Crippen LogP contribution is -2.49. The molecule has 1 aromatic rings. The van der Waals surface area contributed by atoms with Gasteiger partial charge in [-0.25, -0.2) is 4.79 Å². The monoisotopic (exact) mass is 247 g/mol. The highest BCUT2D eigenvalue weighted by Crippen LogP contribution is 2.09. The fourth-order valence-corrected chi connectivity index (χ4v) is 1.34. The van der Waals surface area contributed by atoms with E-state index >= 15 is 0 Å². The predicted octanol–water partition coefficient (Wildman–Crippen LogP) is 1.99. The van der Waals surface area contributed by atoms with E-state index < -0.39 is 17.4 Å². The highest BCUT2D eigenvalue weighted by molar-refractivity contribution is 5.95. The number of hydrogen-bond acceptors (Lipinski definition) is 2. The molecule has 0 aromatic heterocycles. The summed E-state index contributed by atoms with van der Waals surface area (Å²) in [5.41, 5.74) is 0.715. The number of rotatable bonds is 4. The summed E-state index contributed by atoms with van der Waals surface area (Å²) in [5.74, 6) is -1.49. The van der Waals surface area contributed by atoms with E-state index in [9.17, 15) is 9.59 Å². The Morgan fingerprint density at radius 2 is 1.89 bits per heavy atom. The molecule has 0 atom stereocenters. The molecule has 0 saturated heterocycles. The molecule has 18 heavy (non-hydrogen) atoms. The van der Waals surface area contributed by atoms with Gasteiger partial charge in [-0.1, -0.05) is 24.3 Å². The number of carbonyl (C=O) groups excluding carboxylic acids is 1. The number of amides is 1. The predicted molar refractivity (Wildman–Crippen MR) is 70.1 cm³/mol. The van der Waals surface area contributed by atoms with Gasteiger partial charge in [0.2, 0.25) is 5.91 Å². The summed E-state index contributed by atoms with van der Waals surface area (Å²) >= 11 is 0. The van der Waals surface area contributed by atoms with Crippen LogP contribution < -0.4 is 5.32 Å². The second-order valence-corrected chi connectivity index (χ2v) is 4.61. The van der Waals surface area contributed by atoms with E-state index in [1.54, 1.807) is 6.08 Å². The van der Waals surface area contributed by atoms with Gasteiger partial charge >= 0.3 is 5.97 Å².